The van der Waals surface area contributed by atoms with Gasteiger partial charge < -0.3 is 10.6 Å². The van der Waals surface area contributed by atoms with Crippen LogP contribution in [0.2, 0.25) is 0 Å². The maximum absolute atomic E-state index is 4.44. The normalized spacial score (nSPS) is 10.2. The summed E-state index contributed by atoms with van der Waals surface area (Å²) in [6, 6.07) is 13.6. The zero-order chi connectivity index (χ0) is 15.2. The molecule has 0 atom stereocenters. The molecule has 0 unspecified atom stereocenters. The van der Waals surface area contributed by atoms with Crippen molar-refractivity contribution in [3.63, 3.8) is 0 Å². The maximum Gasteiger partial charge on any atom is 0.229 e. The zero-order valence-electron chi connectivity index (χ0n) is 11.7. The van der Waals surface area contributed by atoms with E-state index in [-0.39, 0.29) is 0 Å². The van der Waals surface area contributed by atoms with Gasteiger partial charge in [0.15, 0.2) is 0 Å². The zero-order valence-corrected chi connectivity index (χ0v) is 13.3. The van der Waals surface area contributed by atoms with E-state index in [0.29, 0.717) is 12.5 Å². The third-order valence-corrected chi connectivity index (χ3v) is 3.43. The summed E-state index contributed by atoms with van der Waals surface area (Å²) in [5.74, 6) is 1.31. The predicted molar refractivity (Wildman–Crippen MR) is 91.0 cm³/mol. The average Bonchev–Trinajstić information content (AvgIpc) is 2.54. The van der Waals surface area contributed by atoms with E-state index >= 15 is 0 Å². The third kappa shape index (κ3) is 4.02. The Hall–Kier alpha value is -2.47. The van der Waals surface area contributed by atoms with Gasteiger partial charge in [0.25, 0.3) is 0 Å². The number of benzene rings is 1. The van der Waals surface area contributed by atoms with Crippen LogP contribution in [0.25, 0.3) is 0 Å². The third-order valence-electron chi connectivity index (χ3n) is 2.93. The first-order valence-corrected chi connectivity index (χ1v) is 7.57. The fourth-order valence-corrected chi connectivity index (χ4v) is 2.31. The van der Waals surface area contributed by atoms with Crippen molar-refractivity contribution in [2.24, 2.45) is 0 Å². The van der Waals surface area contributed by atoms with Crippen LogP contribution in [0.5, 0.6) is 0 Å². The number of nitrogens with one attached hydrogen (secondary N) is 2. The molecule has 0 fully saturated rings. The van der Waals surface area contributed by atoms with Gasteiger partial charge in [0.2, 0.25) is 5.95 Å². The summed E-state index contributed by atoms with van der Waals surface area (Å²) in [4.78, 5) is 12.8. The van der Waals surface area contributed by atoms with Crippen molar-refractivity contribution in [2.75, 3.05) is 10.6 Å². The molecule has 0 radical (unpaired) electrons. The lowest BCUT2D eigenvalue weighted by molar-refractivity contribution is 1.07. The first kappa shape index (κ1) is 14.5. The van der Waals surface area contributed by atoms with Crippen LogP contribution in [0.1, 0.15) is 5.56 Å². The Balaban J connectivity index is 1.67. The van der Waals surface area contributed by atoms with Crippen molar-refractivity contribution in [1.29, 1.82) is 0 Å². The van der Waals surface area contributed by atoms with E-state index in [2.05, 4.69) is 41.5 Å². The fourth-order valence-electron chi connectivity index (χ4n) is 1.91. The molecule has 0 bridgehead atoms. The van der Waals surface area contributed by atoms with Crippen LogP contribution < -0.4 is 10.6 Å². The summed E-state index contributed by atoms with van der Waals surface area (Å²) < 4.78 is 1.00. The van der Waals surface area contributed by atoms with E-state index < -0.39 is 0 Å². The Kier molecular flexibility index (Phi) is 4.60. The Morgan fingerprint density at radius 1 is 1.05 bits per heavy atom. The van der Waals surface area contributed by atoms with Gasteiger partial charge in [-0.05, 0) is 35.9 Å². The van der Waals surface area contributed by atoms with Crippen molar-refractivity contribution in [3.05, 3.63) is 71.1 Å². The highest BCUT2D eigenvalue weighted by molar-refractivity contribution is 9.10. The molecule has 1 aromatic carbocycles. The van der Waals surface area contributed by atoms with Gasteiger partial charge in [-0.25, -0.2) is 4.98 Å². The van der Waals surface area contributed by atoms with Crippen LogP contribution in [0.4, 0.5) is 17.5 Å². The minimum atomic E-state index is 0.550. The number of hydrogen-bond acceptors (Lipinski definition) is 5. The number of nitrogens with zero attached hydrogens (tertiary/aromatic N) is 3. The smallest absolute Gasteiger partial charge is 0.229 e. The Morgan fingerprint density at radius 3 is 2.82 bits per heavy atom. The molecular weight excluding hydrogens is 342 g/mol. The second-order valence-electron chi connectivity index (χ2n) is 4.62. The first-order valence-electron chi connectivity index (χ1n) is 6.78. The van der Waals surface area contributed by atoms with E-state index in [1.165, 1.54) is 0 Å². The molecule has 3 aromatic rings. The minimum Gasteiger partial charge on any atom is -0.366 e. The van der Waals surface area contributed by atoms with Gasteiger partial charge in [0.1, 0.15) is 5.82 Å². The number of rotatable bonds is 5. The first-order chi connectivity index (χ1) is 10.8. The van der Waals surface area contributed by atoms with Crippen molar-refractivity contribution in [2.45, 2.75) is 6.54 Å². The summed E-state index contributed by atoms with van der Waals surface area (Å²) in [6.07, 6.45) is 5.31. The predicted octanol–water partition coefficient (Wildman–Crippen LogP) is 3.99. The largest absolute Gasteiger partial charge is 0.366 e. The number of halogens is 1. The topological polar surface area (TPSA) is 62.7 Å². The van der Waals surface area contributed by atoms with Crippen LogP contribution >= 0.6 is 15.9 Å². The summed E-state index contributed by atoms with van der Waals surface area (Å²) >= 11 is 3.44. The summed E-state index contributed by atoms with van der Waals surface area (Å²) in [7, 11) is 0. The van der Waals surface area contributed by atoms with Gasteiger partial charge in [0, 0.05) is 35.3 Å². The number of anilines is 3. The Labute approximate surface area is 137 Å². The molecule has 6 heteroatoms. The molecule has 2 aromatic heterocycles. The van der Waals surface area contributed by atoms with Gasteiger partial charge in [-0.3, -0.25) is 4.98 Å². The van der Waals surface area contributed by atoms with E-state index in [1.807, 2.05) is 48.7 Å². The van der Waals surface area contributed by atoms with Crippen LogP contribution in [0, 0.1) is 0 Å². The standard InChI is InChI=1S/C16H14BrN5/c17-13-4-1-5-14(9-13)21-16-19-8-6-15(22-16)20-11-12-3-2-7-18-10-12/h1-10H,11H2,(H2,19,20,21,22). The number of hydrogen-bond donors (Lipinski definition) is 2. The highest BCUT2D eigenvalue weighted by Gasteiger charge is 2.01. The molecule has 0 aliphatic rings. The van der Waals surface area contributed by atoms with Crippen molar-refractivity contribution in [1.82, 2.24) is 15.0 Å². The van der Waals surface area contributed by atoms with Gasteiger partial charge in [-0.2, -0.15) is 4.98 Å². The van der Waals surface area contributed by atoms with E-state index in [4.69, 9.17) is 0 Å². The lowest BCUT2D eigenvalue weighted by atomic mass is 10.3. The molecular formula is C16H14BrN5. The van der Waals surface area contributed by atoms with E-state index in [1.54, 1.807) is 12.4 Å². The molecule has 0 saturated carbocycles. The lowest BCUT2D eigenvalue weighted by Gasteiger charge is -2.08. The molecule has 2 heterocycles. The SMILES string of the molecule is Brc1cccc(Nc2nccc(NCc3cccnc3)n2)c1. The Bertz CT molecular complexity index is 748. The van der Waals surface area contributed by atoms with E-state index in [0.717, 1.165) is 21.5 Å². The molecule has 0 aliphatic heterocycles. The number of pyridine rings is 1. The highest BCUT2D eigenvalue weighted by Crippen LogP contribution is 2.19. The van der Waals surface area contributed by atoms with Crippen molar-refractivity contribution in [3.8, 4) is 0 Å². The summed E-state index contributed by atoms with van der Waals surface area (Å²) in [5.41, 5.74) is 2.03. The highest BCUT2D eigenvalue weighted by atomic mass is 79.9. The Morgan fingerprint density at radius 2 is 2.00 bits per heavy atom. The van der Waals surface area contributed by atoms with E-state index in [9.17, 15) is 0 Å². The molecule has 110 valence electrons. The summed E-state index contributed by atoms with van der Waals surface area (Å²) in [5, 5.41) is 6.44. The van der Waals surface area contributed by atoms with Crippen LogP contribution in [-0.2, 0) is 6.54 Å². The van der Waals surface area contributed by atoms with Gasteiger partial charge in [0.05, 0.1) is 0 Å². The number of aromatic nitrogens is 3. The second-order valence-corrected chi connectivity index (χ2v) is 5.53. The van der Waals surface area contributed by atoms with Gasteiger partial charge in [-0.15, -0.1) is 0 Å². The van der Waals surface area contributed by atoms with Gasteiger partial charge in [-0.1, -0.05) is 28.1 Å². The van der Waals surface area contributed by atoms with Crippen molar-refractivity contribution < 1.29 is 0 Å². The van der Waals surface area contributed by atoms with Crippen LogP contribution in [0.15, 0.2) is 65.5 Å². The van der Waals surface area contributed by atoms with Crippen LogP contribution in [0.3, 0.4) is 0 Å². The minimum absolute atomic E-state index is 0.550. The fraction of sp³-hybridized carbons (Fsp3) is 0.0625. The summed E-state index contributed by atoms with van der Waals surface area (Å²) in [6.45, 7) is 0.668. The van der Waals surface area contributed by atoms with Gasteiger partial charge >= 0.3 is 0 Å². The monoisotopic (exact) mass is 355 g/mol. The lowest BCUT2D eigenvalue weighted by Crippen LogP contribution is -2.04. The average molecular weight is 356 g/mol. The molecule has 0 saturated heterocycles. The second kappa shape index (κ2) is 7.00. The molecule has 2 N–H and O–H groups in total. The molecule has 0 spiro atoms. The quantitative estimate of drug-likeness (QED) is 0.724. The van der Waals surface area contributed by atoms with Crippen LogP contribution in [-0.4, -0.2) is 15.0 Å². The maximum atomic E-state index is 4.44. The molecule has 3 rings (SSSR count). The van der Waals surface area contributed by atoms with Crippen molar-refractivity contribution >= 4 is 33.4 Å². The molecule has 5 nitrogen and oxygen atoms in total. The molecule has 22 heavy (non-hydrogen) atoms. The molecule has 0 aliphatic carbocycles. The molecule has 0 amide bonds.